The molecule has 1 aromatic heterocycles. The number of nitrogens with one attached hydrogen (secondary N) is 1. The summed E-state index contributed by atoms with van der Waals surface area (Å²) >= 11 is 5.78. The Morgan fingerprint density at radius 1 is 1.18 bits per heavy atom. The molecule has 92 valence electrons. The van der Waals surface area contributed by atoms with Crippen molar-refractivity contribution in [1.29, 1.82) is 0 Å². The average Bonchev–Trinajstić information content (AvgIpc) is 2.76. The van der Waals surface area contributed by atoms with Crippen molar-refractivity contribution in [2.45, 2.75) is 37.8 Å². The number of hydrogen-bond acceptors (Lipinski definition) is 4. The molecule has 2 aliphatic rings. The molecule has 2 aliphatic heterocycles. The SMILES string of the molecule is Clc1cnc(N[C@@H]2CCN3CCCC[C@H]23)nc1. The van der Waals surface area contributed by atoms with E-state index in [0.717, 1.165) is 0 Å². The fourth-order valence-corrected chi connectivity index (χ4v) is 3.07. The maximum absolute atomic E-state index is 5.78. The van der Waals surface area contributed by atoms with Crippen LogP contribution in [0.1, 0.15) is 25.7 Å². The van der Waals surface area contributed by atoms with Crippen LogP contribution in [0.15, 0.2) is 12.4 Å². The van der Waals surface area contributed by atoms with Gasteiger partial charge in [0, 0.05) is 18.6 Å². The topological polar surface area (TPSA) is 41.1 Å². The lowest BCUT2D eigenvalue weighted by atomic mass is 9.99. The molecule has 17 heavy (non-hydrogen) atoms. The largest absolute Gasteiger partial charge is 0.350 e. The summed E-state index contributed by atoms with van der Waals surface area (Å²) in [4.78, 5) is 11.0. The summed E-state index contributed by atoms with van der Waals surface area (Å²) in [7, 11) is 0. The Morgan fingerprint density at radius 2 is 2.00 bits per heavy atom. The van der Waals surface area contributed by atoms with Crippen LogP contribution in [0.5, 0.6) is 0 Å². The second kappa shape index (κ2) is 4.78. The molecule has 0 unspecified atom stereocenters. The van der Waals surface area contributed by atoms with Crippen LogP contribution in [-0.4, -0.2) is 40.0 Å². The van der Waals surface area contributed by atoms with E-state index in [-0.39, 0.29) is 0 Å². The molecule has 2 atom stereocenters. The molecule has 0 amide bonds. The van der Waals surface area contributed by atoms with Gasteiger partial charge in [-0.25, -0.2) is 9.97 Å². The number of piperidine rings is 1. The Hall–Kier alpha value is -0.870. The van der Waals surface area contributed by atoms with E-state index in [4.69, 9.17) is 11.6 Å². The second-order valence-electron chi connectivity index (χ2n) is 4.86. The van der Waals surface area contributed by atoms with E-state index in [2.05, 4.69) is 20.2 Å². The van der Waals surface area contributed by atoms with E-state index in [1.54, 1.807) is 12.4 Å². The highest BCUT2D eigenvalue weighted by molar-refractivity contribution is 6.30. The number of nitrogens with zero attached hydrogens (tertiary/aromatic N) is 3. The van der Waals surface area contributed by atoms with Gasteiger partial charge in [-0.1, -0.05) is 18.0 Å². The average molecular weight is 253 g/mol. The highest BCUT2D eigenvalue weighted by Crippen LogP contribution is 2.28. The van der Waals surface area contributed by atoms with Crippen LogP contribution in [0.25, 0.3) is 0 Å². The fraction of sp³-hybridized carbons (Fsp3) is 0.667. The van der Waals surface area contributed by atoms with Crippen molar-refractivity contribution in [2.24, 2.45) is 0 Å². The lowest BCUT2D eigenvalue weighted by Crippen LogP contribution is -2.41. The molecule has 0 aliphatic carbocycles. The summed E-state index contributed by atoms with van der Waals surface area (Å²) in [6, 6.07) is 1.17. The Kier molecular flexibility index (Phi) is 3.16. The van der Waals surface area contributed by atoms with Gasteiger partial charge >= 0.3 is 0 Å². The van der Waals surface area contributed by atoms with Gasteiger partial charge in [-0.3, -0.25) is 4.90 Å². The molecular weight excluding hydrogens is 236 g/mol. The molecule has 0 bridgehead atoms. The van der Waals surface area contributed by atoms with Crippen molar-refractivity contribution in [1.82, 2.24) is 14.9 Å². The Morgan fingerprint density at radius 3 is 2.82 bits per heavy atom. The van der Waals surface area contributed by atoms with Crippen molar-refractivity contribution in [3.63, 3.8) is 0 Å². The number of aromatic nitrogens is 2. The van der Waals surface area contributed by atoms with Gasteiger partial charge in [0.25, 0.3) is 0 Å². The van der Waals surface area contributed by atoms with Crippen LogP contribution >= 0.6 is 11.6 Å². The summed E-state index contributed by atoms with van der Waals surface area (Å²) in [5, 5.41) is 4.03. The molecule has 4 nitrogen and oxygen atoms in total. The zero-order valence-corrected chi connectivity index (χ0v) is 10.5. The van der Waals surface area contributed by atoms with E-state index in [1.165, 1.54) is 38.8 Å². The van der Waals surface area contributed by atoms with E-state index < -0.39 is 0 Å². The first-order chi connectivity index (χ1) is 8.33. The Balaban J connectivity index is 1.67. The third kappa shape index (κ3) is 2.38. The number of fused-ring (bicyclic) bond motifs is 1. The van der Waals surface area contributed by atoms with Crippen LogP contribution in [0, 0.1) is 0 Å². The molecule has 3 rings (SSSR count). The molecule has 0 aromatic carbocycles. The summed E-state index contributed by atoms with van der Waals surface area (Å²) in [6.07, 6.45) is 8.47. The highest BCUT2D eigenvalue weighted by atomic mass is 35.5. The first kappa shape index (κ1) is 11.2. The lowest BCUT2D eigenvalue weighted by Gasteiger charge is -2.32. The van der Waals surface area contributed by atoms with Crippen LogP contribution in [0.4, 0.5) is 5.95 Å². The van der Waals surface area contributed by atoms with Crippen LogP contribution < -0.4 is 5.32 Å². The molecule has 2 fully saturated rings. The zero-order valence-electron chi connectivity index (χ0n) is 9.77. The highest BCUT2D eigenvalue weighted by Gasteiger charge is 2.35. The monoisotopic (exact) mass is 252 g/mol. The first-order valence-corrected chi connectivity index (χ1v) is 6.69. The second-order valence-corrected chi connectivity index (χ2v) is 5.30. The predicted molar refractivity (Wildman–Crippen MR) is 68.3 cm³/mol. The number of halogens is 1. The van der Waals surface area contributed by atoms with Crippen LogP contribution in [0.2, 0.25) is 5.02 Å². The van der Waals surface area contributed by atoms with Gasteiger partial charge in [0.1, 0.15) is 0 Å². The van der Waals surface area contributed by atoms with Gasteiger partial charge in [0.05, 0.1) is 17.4 Å². The summed E-state index contributed by atoms with van der Waals surface area (Å²) in [5.41, 5.74) is 0. The smallest absolute Gasteiger partial charge is 0.222 e. The third-order valence-corrected chi connectivity index (χ3v) is 3.99. The maximum Gasteiger partial charge on any atom is 0.222 e. The van der Waals surface area contributed by atoms with Gasteiger partial charge in [0.15, 0.2) is 0 Å². The lowest BCUT2D eigenvalue weighted by molar-refractivity contribution is 0.192. The van der Waals surface area contributed by atoms with E-state index >= 15 is 0 Å². The van der Waals surface area contributed by atoms with E-state index in [9.17, 15) is 0 Å². The normalized spacial score (nSPS) is 29.0. The Labute approximate surface area is 106 Å². The summed E-state index contributed by atoms with van der Waals surface area (Å²) < 4.78 is 0. The third-order valence-electron chi connectivity index (χ3n) is 3.79. The molecule has 0 radical (unpaired) electrons. The molecule has 1 aromatic rings. The van der Waals surface area contributed by atoms with Gasteiger partial charge < -0.3 is 5.32 Å². The number of rotatable bonds is 2. The van der Waals surface area contributed by atoms with Crippen molar-refractivity contribution in [3.05, 3.63) is 17.4 Å². The van der Waals surface area contributed by atoms with Gasteiger partial charge in [0.2, 0.25) is 5.95 Å². The number of hydrogen-bond donors (Lipinski definition) is 1. The van der Waals surface area contributed by atoms with Crippen molar-refractivity contribution in [3.8, 4) is 0 Å². The summed E-state index contributed by atoms with van der Waals surface area (Å²) in [6.45, 7) is 2.46. The van der Waals surface area contributed by atoms with Crippen molar-refractivity contribution >= 4 is 17.5 Å². The van der Waals surface area contributed by atoms with E-state index in [1.807, 2.05) is 0 Å². The molecule has 3 heterocycles. The maximum atomic E-state index is 5.78. The first-order valence-electron chi connectivity index (χ1n) is 6.31. The van der Waals surface area contributed by atoms with Gasteiger partial charge in [-0.05, 0) is 25.8 Å². The molecular formula is C12H17ClN4. The van der Waals surface area contributed by atoms with Crippen LogP contribution in [0.3, 0.4) is 0 Å². The van der Waals surface area contributed by atoms with Crippen molar-refractivity contribution in [2.75, 3.05) is 18.4 Å². The minimum atomic E-state index is 0.497. The minimum Gasteiger partial charge on any atom is -0.350 e. The van der Waals surface area contributed by atoms with Gasteiger partial charge in [-0.2, -0.15) is 0 Å². The molecule has 1 N–H and O–H groups in total. The fourth-order valence-electron chi connectivity index (χ4n) is 2.97. The van der Waals surface area contributed by atoms with Crippen LogP contribution in [-0.2, 0) is 0 Å². The Bertz CT molecular complexity index is 381. The predicted octanol–water partition coefficient (Wildman–Crippen LogP) is 2.17. The van der Waals surface area contributed by atoms with E-state index in [0.29, 0.717) is 23.1 Å². The molecule has 5 heteroatoms. The summed E-state index contributed by atoms with van der Waals surface area (Å²) in [5.74, 6) is 0.701. The van der Waals surface area contributed by atoms with Gasteiger partial charge in [-0.15, -0.1) is 0 Å². The number of anilines is 1. The standard InChI is InChI=1S/C12H17ClN4/c13-9-7-14-12(15-8-9)16-10-4-6-17-5-2-1-3-11(10)17/h7-8,10-11H,1-6H2,(H,14,15,16)/t10-,11-/m1/s1. The quantitative estimate of drug-likeness (QED) is 0.876. The molecule has 0 saturated carbocycles. The minimum absolute atomic E-state index is 0.497. The molecule has 0 spiro atoms. The zero-order chi connectivity index (χ0) is 11.7. The van der Waals surface area contributed by atoms with Crippen molar-refractivity contribution < 1.29 is 0 Å². The molecule has 2 saturated heterocycles.